The maximum Gasteiger partial charge on any atom is 0.160 e. The molecule has 0 atom stereocenters. The Kier molecular flexibility index (Phi) is 8.71. The number of hydrogen-bond donors (Lipinski definition) is 0. The minimum atomic E-state index is 0.687. The van der Waals surface area contributed by atoms with E-state index in [1.54, 1.807) is 0 Å². The Hall–Kier alpha value is -8.28. The zero-order valence-corrected chi connectivity index (χ0v) is 34.6. The number of para-hydroxylation sites is 2. The van der Waals surface area contributed by atoms with E-state index in [2.05, 4.69) is 218 Å². The van der Waals surface area contributed by atoms with Gasteiger partial charge >= 0.3 is 0 Å². The van der Waals surface area contributed by atoms with Crippen molar-refractivity contribution in [2.75, 3.05) is 0 Å². The first-order valence-electron chi connectivity index (χ1n) is 21.5. The Morgan fingerprint density at radius 1 is 0.413 bits per heavy atom. The average Bonchev–Trinajstić information content (AvgIpc) is 3.75. The van der Waals surface area contributed by atoms with Crippen molar-refractivity contribution in [3.63, 3.8) is 0 Å². The molecule has 0 aliphatic carbocycles. The van der Waals surface area contributed by atoms with Gasteiger partial charge in [-0.1, -0.05) is 183 Å². The molecule has 12 rings (SSSR count). The molecular weight excluding hydrogens is 767 g/mol. The topological polar surface area (TPSA) is 56.5 Å². The highest BCUT2D eigenvalue weighted by atomic mass is 15.1. The molecule has 0 fully saturated rings. The first-order valence-corrected chi connectivity index (χ1v) is 21.5. The molecule has 0 N–H and O–H groups in total. The van der Waals surface area contributed by atoms with E-state index in [1.165, 1.54) is 10.8 Å². The number of rotatable bonds is 7. The quantitative estimate of drug-likeness (QED) is 0.151. The van der Waals surface area contributed by atoms with Crippen molar-refractivity contribution in [1.82, 2.24) is 24.5 Å². The number of benzene rings is 9. The molecule has 0 unspecified atom stereocenters. The zero-order valence-electron chi connectivity index (χ0n) is 34.6. The van der Waals surface area contributed by atoms with Gasteiger partial charge in [-0.05, 0) is 68.4 Å². The molecular formula is C58H39N5. The Morgan fingerprint density at radius 2 is 0.952 bits per heavy atom. The molecule has 296 valence electrons. The van der Waals surface area contributed by atoms with Crippen LogP contribution in [0.25, 0.3) is 116 Å². The smallest absolute Gasteiger partial charge is 0.160 e. The predicted molar refractivity (Wildman–Crippen MR) is 261 cm³/mol. The van der Waals surface area contributed by atoms with Crippen molar-refractivity contribution in [2.24, 2.45) is 0 Å². The van der Waals surface area contributed by atoms with Gasteiger partial charge in [-0.3, -0.25) is 4.57 Å². The number of imidazole rings is 1. The van der Waals surface area contributed by atoms with Crippen molar-refractivity contribution in [1.29, 1.82) is 0 Å². The lowest BCUT2D eigenvalue weighted by Crippen LogP contribution is -1.99. The molecule has 0 saturated heterocycles. The fourth-order valence-electron chi connectivity index (χ4n) is 9.32. The van der Waals surface area contributed by atoms with Gasteiger partial charge in [0.1, 0.15) is 5.82 Å². The largest absolute Gasteiger partial charge is 0.296 e. The van der Waals surface area contributed by atoms with Gasteiger partial charge in [0.05, 0.1) is 33.6 Å². The highest BCUT2D eigenvalue weighted by molar-refractivity contribution is 6.20. The number of fused-ring (bicyclic) bond motifs is 7. The van der Waals surface area contributed by atoms with Crippen LogP contribution in [-0.2, 0) is 6.42 Å². The first kappa shape index (κ1) is 36.6. The fourth-order valence-corrected chi connectivity index (χ4v) is 9.32. The molecule has 0 spiro atoms. The number of aryl methyl sites for hydroxylation is 1. The van der Waals surface area contributed by atoms with Crippen LogP contribution in [0, 0.1) is 0 Å². The highest BCUT2D eigenvalue weighted by Gasteiger charge is 2.20. The summed E-state index contributed by atoms with van der Waals surface area (Å²) >= 11 is 0. The first-order chi connectivity index (χ1) is 31.2. The maximum absolute atomic E-state index is 5.34. The molecule has 9 aromatic carbocycles. The third-order valence-electron chi connectivity index (χ3n) is 12.4. The molecule has 12 aromatic rings. The van der Waals surface area contributed by atoms with E-state index in [-0.39, 0.29) is 0 Å². The summed E-state index contributed by atoms with van der Waals surface area (Å²) in [5, 5.41) is 8.03. The summed E-state index contributed by atoms with van der Waals surface area (Å²) in [5.41, 5.74) is 13.2. The third kappa shape index (κ3) is 6.24. The van der Waals surface area contributed by atoms with E-state index < -0.39 is 0 Å². The monoisotopic (exact) mass is 805 g/mol. The number of pyridine rings is 1. The average molecular weight is 806 g/mol. The van der Waals surface area contributed by atoms with Crippen molar-refractivity contribution < 1.29 is 0 Å². The standard InChI is InChI=1S/C58H39N5/c1-2-54-62-57-53(63(54)43-18-4-3-5-19-43)35-34-49-48-22-10-11-25-50(48)59-56(55(49)57)41-30-26-37(27-31-41)38-28-32-42(33-29-38)58-60-51(46-23-12-16-39-14-6-8-20-44(39)46)36-52(61-58)47-24-13-17-40-15-7-9-21-45(40)47/h3-36H,2H2,1H3. The van der Waals surface area contributed by atoms with Gasteiger partial charge in [-0.25, -0.2) is 19.9 Å². The molecule has 0 aliphatic rings. The third-order valence-corrected chi connectivity index (χ3v) is 12.4. The molecule has 0 amide bonds. The zero-order chi connectivity index (χ0) is 41.9. The van der Waals surface area contributed by atoms with Crippen molar-refractivity contribution >= 4 is 54.3 Å². The molecule has 5 heteroatoms. The Bertz CT molecular complexity index is 3590. The van der Waals surface area contributed by atoms with Gasteiger partial charge in [-0.15, -0.1) is 0 Å². The minimum absolute atomic E-state index is 0.687. The molecule has 3 aromatic heterocycles. The van der Waals surface area contributed by atoms with Gasteiger partial charge in [-0.2, -0.15) is 0 Å². The van der Waals surface area contributed by atoms with Gasteiger partial charge in [0.25, 0.3) is 0 Å². The fraction of sp³-hybridized carbons (Fsp3) is 0.0345. The van der Waals surface area contributed by atoms with Crippen LogP contribution in [0.15, 0.2) is 206 Å². The van der Waals surface area contributed by atoms with E-state index in [0.717, 1.165) is 112 Å². The molecule has 0 bridgehead atoms. The lowest BCUT2D eigenvalue weighted by Gasteiger charge is -2.13. The van der Waals surface area contributed by atoms with E-state index in [0.29, 0.717) is 5.82 Å². The number of nitrogens with zero attached hydrogens (tertiary/aromatic N) is 5. The van der Waals surface area contributed by atoms with Crippen LogP contribution >= 0.6 is 0 Å². The minimum Gasteiger partial charge on any atom is -0.296 e. The maximum atomic E-state index is 5.34. The molecule has 0 saturated carbocycles. The van der Waals surface area contributed by atoms with Crippen LogP contribution in [0.5, 0.6) is 0 Å². The second kappa shape index (κ2) is 15.0. The summed E-state index contributed by atoms with van der Waals surface area (Å²) in [6, 6.07) is 72.8. The van der Waals surface area contributed by atoms with Crippen LogP contribution in [0.2, 0.25) is 0 Å². The van der Waals surface area contributed by atoms with Crippen LogP contribution in [-0.4, -0.2) is 24.5 Å². The highest BCUT2D eigenvalue weighted by Crippen LogP contribution is 2.40. The van der Waals surface area contributed by atoms with Crippen LogP contribution in [0.4, 0.5) is 0 Å². The number of hydrogen-bond acceptors (Lipinski definition) is 4. The van der Waals surface area contributed by atoms with Crippen LogP contribution < -0.4 is 0 Å². The van der Waals surface area contributed by atoms with E-state index in [1.807, 2.05) is 0 Å². The van der Waals surface area contributed by atoms with Gasteiger partial charge in [0.15, 0.2) is 5.82 Å². The van der Waals surface area contributed by atoms with E-state index in [9.17, 15) is 0 Å². The van der Waals surface area contributed by atoms with E-state index >= 15 is 0 Å². The summed E-state index contributed by atoms with van der Waals surface area (Å²) in [7, 11) is 0. The van der Waals surface area contributed by atoms with Crippen molar-refractivity contribution in [2.45, 2.75) is 13.3 Å². The van der Waals surface area contributed by atoms with E-state index in [4.69, 9.17) is 19.9 Å². The summed E-state index contributed by atoms with van der Waals surface area (Å²) < 4.78 is 2.29. The SMILES string of the molecule is CCc1nc2c3c(-c4ccc(-c5ccc(-c6nc(-c7cccc8ccccc78)cc(-c7cccc8ccccc78)n6)cc5)cc4)nc4ccccc4c3ccc2n1-c1ccccc1. The van der Waals surface area contributed by atoms with Gasteiger partial charge < -0.3 is 0 Å². The molecule has 3 heterocycles. The summed E-state index contributed by atoms with van der Waals surface area (Å²) in [5.74, 6) is 1.71. The summed E-state index contributed by atoms with van der Waals surface area (Å²) in [6.07, 6.45) is 0.808. The molecule has 0 radical (unpaired) electrons. The number of aromatic nitrogens is 5. The summed E-state index contributed by atoms with van der Waals surface area (Å²) in [4.78, 5) is 21.1. The van der Waals surface area contributed by atoms with Gasteiger partial charge in [0.2, 0.25) is 0 Å². The Morgan fingerprint density at radius 3 is 1.59 bits per heavy atom. The molecule has 0 aliphatic heterocycles. The van der Waals surface area contributed by atoms with Crippen molar-refractivity contribution in [3.8, 4) is 62.0 Å². The predicted octanol–water partition coefficient (Wildman–Crippen LogP) is 14.7. The molecule has 63 heavy (non-hydrogen) atoms. The Balaban J connectivity index is 0.950. The lowest BCUT2D eigenvalue weighted by atomic mass is 9.96. The van der Waals surface area contributed by atoms with Crippen LogP contribution in [0.3, 0.4) is 0 Å². The van der Waals surface area contributed by atoms with Crippen molar-refractivity contribution in [3.05, 3.63) is 212 Å². The van der Waals surface area contributed by atoms with Crippen LogP contribution in [0.1, 0.15) is 12.7 Å². The Labute approximate surface area is 364 Å². The second-order valence-electron chi connectivity index (χ2n) is 16.1. The molecule has 5 nitrogen and oxygen atoms in total. The normalized spacial score (nSPS) is 11.6. The van der Waals surface area contributed by atoms with Gasteiger partial charge in [0, 0.05) is 45.1 Å². The second-order valence-corrected chi connectivity index (χ2v) is 16.1. The lowest BCUT2D eigenvalue weighted by molar-refractivity contribution is 0.908. The summed E-state index contributed by atoms with van der Waals surface area (Å²) in [6.45, 7) is 2.17.